The van der Waals surface area contributed by atoms with Gasteiger partial charge in [0.2, 0.25) is 20.0 Å². The Morgan fingerprint density at radius 3 is 2.08 bits per heavy atom. The molecule has 8 nitrogen and oxygen atoms in total. The van der Waals surface area contributed by atoms with Crippen LogP contribution >= 0.6 is 0 Å². The summed E-state index contributed by atoms with van der Waals surface area (Å²) in [4.78, 5) is 11.4. The highest BCUT2D eigenvalue weighted by Gasteiger charge is 2.17. The van der Waals surface area contributed by atoms with E-state index in [-0.39, 0.29) is 5.56 Å². The molecule has 0 spiro atoms. The number of rotatable bonds is 5. The molecule has 2 aromatic carbocycles. The second-order valence-electron chi connectivity index (χ2n) is 5.10. The Labute approximate surface area is 144 Å². The van der Waals surface area contributed by atoms with Gasteiger partial charge in [-0.3, -0.25) is 9.52 Å². The predicted molar refractivity (Wildman–Crippen MR) is 90.6 cm³/mol. The molecule has 4 N–H and O–H groups in total. The van der Waals surface area contributed by atoms with Gasteiger partial charge in [0.15, 0.2) is 0 Å². The van der Waals surface area contributed by atoms with Crippen LogP contribution in [0.15, 0.2) is 47.4 Å². The van der Waals surface area contributed by atoms with Crippen molar-refractivity contribution >= 4 is 37.3 Å². The van der Waals surface area contributed by atoms with Gasteiger partial charge in [-0.15, -0.1) is 0 Å². The number of benzene rings is 2. The molecular weight excluding hydrogens is 373 g/mol. The first-order valence-corrected chi connectivity index (χ1v) is 10.1. The first-order chi connectivity index (χ1) is 11.5. The molecule has 0 aliphatic heterocycles. The molecule has 0 saturated carbocycles. The van der Waals surface area contributed by atoms with Gasteiger partial charge >= 0.3 is 0 Å². The van der Waals surface area contributed by atoms with E-state index < -0.39 is 36.7 Å². The molecule has 0 aliphatic carbocycles. The van der Waals surface area contributed by atoms with Crippen LogP contribution in [0, 0.1) is 5.82 Å². The van der Waals surface area contributed by atoms with Crippen LogP contribution in [0.3, 0.4) is 0 Å². The number of nitrogens with two attached hydrogens (primary N) is 1. The zero-order valence-electron chi connectivity index (χ0n) is 12.9. The third-order valence-electron chi connectivity index (χ3n) is 2.95. The molecule has 0 heterocycles. The summed E-state index contributed by atoms with van der Waals surface area (Å²) in [6, 6.07) is 8.51. The van der Waals surface area contributed by atoms with Crippen molar-refractivity contribution < 1.29 is 26.0 Å². The lowest BCUT2D eigenvalue weighted by atomic mass is 10.2. The van der Waals surface area contributed by atoms with Crippen LogP contribution in [0.2, 0.25) is 0 Å². The molecule has 25 heavy (non-hydrogen) atoms. The van der Waals surface area contributed by atoms with Gasteiger partial charge in [-0.1, -0.05) is 0 Å². The molecule has 11 heteroatoms. The van der Waals surface area contributed by atoms with E-state index in [4.69, 9.17) is 5.14 Å². The van der Waals surface area contributed by atoms with Crippen LogP contribution < -0.4 is 15.2 Å². The van der Waals surface area contributed by atoms with Crippen molar-refractivity contribution in [3.8, 4) is 0 Å². The molecule has 0 aromatic heterocycles. The van der Waals surface area contributed by atoms with E-state index in [1.807, 2.05) is 0 Å². The Kier molecular flexibility index (Phi) is 5.11. The van der Waals surface area contributed by atoms with E-state index in [1.54, 1.807) is 0 Å². The summed E-state index contributed by atoms with van der Waals surface area (Å²) in [6.07, 6.45) is 1.00. The van der Waals surface area contributed by atoms with Crippen LogP contribution in [-0.2, 0) is 20.0 Å². The number of primary sulfonamides is 1. The van der Waals surface area contributed by atoms with E-state index in [0.29, 0.717) is 11.4 Å². The third-order valence-corrected chi connectivity index (χ3v) is 4.48. The van der Waals surface area contributed by atoms with Crippen molar-refractivity contribution in [2.45, 2.75) is 4.90 Å². The molecule has 2 aromatic rings. The van der Waals surface area contributed by atoms with Crippen molar-refractivity contribution in [3.05, 3.63) is 53.8 Å². The average molecular weight is 387 g/mol. The Balaban J connectivity index is 2.20. The minimum Gasteiger partial charge on any atom is -0.322 e. The largest absolute Gasteiger partial charge is 0.322 e. The number of carbonyl (C=O) groups is 1. The molecule has 0 radical (unpaired) electrons. The Morgan fingerprint density at radius 2 is 1.56 bits per heavy atom. The van der Waals surface area contributed by atoms with E-state index in [9.17, 15) is 26.0 Å². The van der Waals surface area contributed by atoms with Crippen LogP contribution in [0.25, 0.3) is 0 Å². The second-order valence-corrected chi connectivity index (χ2v) is 8.37. The fourth-order valence-electron chi connectivity index (χ4n) is 1.90. The molecule has 0 fully saturated rings. The number of hydrogen-bond acceptors (Lipinski definition) is 5. The Bertz CT molecular complexity index is 1020. The van der Waals surface area contributed by atoms with E-state index in [0.717, 1.165) is 24.5 Å². The molecule has 134 valence electrons. The van der Waals surface area contributed by atoms with Gasteiger partial charge in [0.05, 0.1) is 6.26 Å². The van der Waals surface area contributed by atoms with Gasteiger partial charge in [-0.25, -0.2) is 26.4 Å². The summed E-state index contributed by atoms with van der Waals surface area (Å²) in [5, 5.41) is 7.36. The summed E-state index contributed by atoms with van der Waals surface area (Å²) in [7, 11) is -7.73. The summed E-state index contributed by atoms with van der Waals surface area (Å²) in [5.74, 6) is -1.75. The van der Waals surface area contributed by atoms with Crippen molar-refractivity contribution in [1.82, 2.24) is 0 Å². The maximum Gasteiger partial charge on any atom is 0.255 e. The minimum atomic E-state index is -4.31. The lowest BCUT2D eigenvalue weighted by molar-refractivity contribution is 0.102. The standard InChI is InChI=1S/C14H14FN3O5S2/c1-24(20,21)18-11-5-3-10(4-6-11)17-14(19)9-2-7-12(15)13(8-9)25(16,22)23/h2-8,18H,1H3,(H,17,19)(H2,16,22,23). The van der Waals surface area contributed by atoms with Crippen LogP contribution in [-0.4, -0.2) is 29.0 Å². The molecule has 0 bridgehead atoms. The molecule has 0 saturated heterocycles. The maximum atomic E-state index is 13.5. The summed E-state index contributed by atoms with van der Waals surface area (Å²) in [5.41, 5.74) is 0.521. The summed E-state index contributed by atoms with van der Waals surface area (Å²) < 4.78 is 60.6. The van der Waals surface area contributed by atoms with Gasteiger partial charge < -0.3 is 5.32 Å². The Hall–Kier alpha value is -2.50. The lowest BCUT2D eigenvalue weighted by Gasteiger charge is -2.08. The summed E-state index contributed by atoms with van der Waals surface area (Å²) in [6.45, 7) is 0. The van der Waals surface area contributed by atoms with Gasteiger partial charge in [-0.2, -0.15) is 0 Å². The highest BCUT2D eigenvalue weighted by atomic mass is 32.2. The van der Waals surface area contributed by atoms with Gasteiger partial charge in [0, 0.05) is 16.9 Å². The van der Waals surface area contributed by atoms with Gasteiger partial charge in [-0.05, 0) is 42.5 Å². The first-order valence-electron chi connectivity index (χ1n) is 6.67. The van der Waals surface area contributed by atoms with E-state index in [2.05, 4.69) is 10.0 Å². The van der Waals surface area contributed by atoms with Gasteiger partial charge in [0.25, 0.3) is 5.91 Å². The number of carbonyl (C=O) groups excluding carboxylic acids is 1. The van der Waals surface area contributed by atoms with Crippen LogP contribution in [0.1, 0.15) is 10.4 Å². The van der Waals surface area contributed by atoms with Gasteiger partial charge in [0.1, 0.15) is 10.7 Å². The zero-order valence-corrected chi connectivity index (χ0v) is 14.5. The van der Waals surface area contributed by atoms with Crippen molar-refractivity contribution in [3.63, 3.8) is 0 Å². The SMILES string of the molecule is CS(=O)(=O)Nc1ccc(NC(=O)c2ccc(F)c(S(N)(=O)=O)c2)cc1. The molecular formula is C14H14FN3O5S2. The molecule has 0 unspecified atom stereocenters. The molecule has 0 aliphatic rings. The van der Waals surface area contributed by atoms with Crippen molar-refractivity contribution in [1.29, 1.82) is 0 Å². The monoisotopic (exact) mass is 387 g/mol. The predicted octanol–water partition coefficient (Wildman–Crippen LogP) is 1.10. The fraction of sp³-hybridized carbons (Fsp3) is 0.0714. The first kappa shape index (κ1) is 18.8. The Morgan fingerprint density at radius 1 is 1.00 bits per heavy atom. The van der Waals surface area contributed by atoms with Crippen LogP contribution in [0.5, 0.6) is 0 Å². The smallest absolute Gasteiger partial charge is 0.255 e. The topological polar surface area (TPSA) is 135 Å². The maximum absolute atomic E-state index is 13.5. The fourth-order valence-corrected chi connectivity index (χ4v) is 3.10. The number of sulfonamides is 2. The molecule has 2 rings (SSSR count). The number of anilines is 2. The second kappa shape index (κ2) is 6.78. The highest BCUT2D eigenvalue weighted by molar-refractivity contribution is 7.92. The van der Waals surface area contributed by atoms with Crippen molar-refractivity contribution in [2.75, 3.05) is 16.3 Å². The lowest BCUT2D eigenvalue weighted by Crippen LogP contribution is -2.17. The number of nitrogens with one attached hydrogen (secondary N) is 2. The quantitative estimate of drug-likeness (QED) is 0.706. The number of halogens is 1. The third kappa shape index (κ3) is 5.24. The highest BCUT2D eigenvalue weighted by Crippen LogP contribution is 2.18. The van der Waals surface area contributed by atoms with Crippen LogP contribution in [0.4, 0.5) is 15.8 Å². The number of hydrogen-bond donors (Lipinski definition) is 3. The van der Waals surface area contributed by atoms with E-state index in [1.165, 1.54) is 24.3 Å². The number of amides is 1. The normalized spacial score (nSPS) is 11.8. The minimum absolute atomic E-state index is 0.108. The van der Waals surface area contributed by atoms with E-state index >= 15 is 0 Å². The molecule has 1 amide bonds. The average Bonchev–Trinajstić information content (AvgIpc) is 2.47. The molecule has 0 atom stereocenters. The van der Waals surface area contributed by atoms with Crippen molar-refractivity contribution in [2.24, 2.45) is 5.14 Å². The summed E-state index contributed by atoms with van der Waals surface area (Å²) >= 11 is 0. The zero-order chi connectivity index (χ0) is 18.8.